The van der Waals surface area contributed by atoms with Crippen LogP contribution in [0.1, 0.15) is 16.4 Å². The number of hydrogen-bond acceptors (Lipinski definition) is 4. The third-order valence-electron chi connectivity index (χ3n) is 2.62. The first-order valence-corrected chi connectivity index (χ1v) is 5.30. The maximum atomic E-state index is 10.7. The molecule has 0 unspecified atom stereocenters. The first-order valence-electron chi connectivity index (χ1n) is 5.30. The standard InChI is InChI=1S/C12H9N3O3/c1-6-13-8-3-2-7(4-10(8)14-6)9-5-11(12(16)17)18-15-9/h2-5H,1H3,(H,13,14)(H,16,17). The molecule has 0 aliphatic carbocycles. The van der Waals surface area contributed by atoms with E-state index in [4.69, 9.17) is 9.63 Å². The molecule has 0 saturated heterocycles. The molecule has 0 bridgehead atoms. The summed E-state index contributed by atoms with van der Waals surface area (Å²) >= 11 is 0. The molecule has 1 aromatic carbocycles. The molecule has 0 aliphatic rings. The van der Waals surface area contributed by atoms with E-state index < -0.39 is 5.97 Å². The Hall–Kier alpha value is -2.63. The second kappa shape index (κ2) is 3.69. The van der Waals surface area contributed by atoms with Crippen LogP contribution >= 0.6 is 0 Å². The number of fused-ring (bicyclic) bond motifs is 1. The summed E-state index contributed by atoms with van der Waals surface area (Å²) < 4.78 is 4.72. The monoisotopic (exact) mass is 243 g/mol. The zero-order chi connectivity index (χ0) is 12.7. The lowest BCUT2D eigenvalue weighted by Gasteiger charge is -1.94. The van der Waals surface area contributed by atoms with Gasteiger partial charge in [0.1, 0.15) is 11.5 Å². The topological polar surface area (TPSA) is 92.0 Å². The summed E-state index contributed by atoms with van der Waals surface area (Å²) in [5.41, 5.74) is 3.01. The van der Waals surface area contributed by atoms with Crippen molar-refractivity contribution in [2.75, 3.05) is 0 Å². The van der Waals surface area contributed by atoms with Crippen molar-refractivity contribution < 1.29 is 14.4 Å². The van der Waals surface area contributed by atoms with Gasteiger partial charge in [-0.25, -0.2) is 9.78 Å². The Morgan fingerprint density at radius 1 is 1.39 bits per heavy atom. The molecule has 3 rings (SSSR count). The van der Waals surface area contributed by atoms with E-state index in [2.05, 4.69) is 15.1 Å². The Bertz CT molecular complexity index is 742. The summed E-state index contributed by atoms with van der Waals surface area (Å²) in [7, 11) is 0. The fourth-order valence-electron chi connectivity index (χ4n) is 1.81. The molecule has 18 heavy (non-hydrogen) atoms. The normalized spacial score (nSPS) is 10.9. The Balaban J connectivity index is 2.09. The molecule has 0 saturated carbocycles. The molecule has 2 aromatic heterocycles. The number of nitrogens with zero attached hydrogens (tertiary/aromatic N) is 2. The van der Waals surface area contributed by atoms with E-state index >= 15 is 0 Å². The molecule has 0 spiro atoms. The smallest absolute Gasteiger partial charge is 0.374 e. The van der Waals surface area contributed by atoms with E-state index in [-0.39, 0.29) is 5.76 Å². The lowest BCUT2D eigenvalue weighted by Crippen LogP contribution is -1.91. The number of imidazole rings is 1. The number of aromatic amines is 1. The minimum Gasteiger partial charge on any atom is -0.475 e. The SMILES string of the molecule is Cc1nc2ccc(-c3cc(C(=O)O)on3)cc2[nH]1. The maximum absolute atomic E-state index is 10.7. The van der Waals surface area contributed by atoms with Crippen LogP contribution in [-0.4, -0.2) is 26.2 Å². The van der Waals surface area contributed by atoms with Crippen molar-refractivity contribution in [2.24, 2.45) is 0 Å². The summed E-state index contributed by atoms with van der Waals surface area (Å²) in [5, 5.41) is 12.5. The highest BCUT2D eigenvalue weighted by molar-refractivity contribution is 5.87. The molecule has 2 N–H and O–H groups in total. The van der Waals surface area contributed by atoms with Gasteiger partial charge in [-0.15, -0.1) is 0 Å². The van der Waals surface area contributed by atoms with E-state index in [1.807, 2.05) is 25.1 Å². The van der Waals surface area contributed by atoms with Gasteiger partial charge < -0.3 is 14.6 Å². The molecule has 90 valence electrons. The van der Waals surface area contributed by atoms with Gasteiger partial charge in [0.15, 0.2) is 0 Å². The van der Waals surface area contributed by atoms with Crippen molar-refractivity contribution in [3.05, 3.63) is 35.9 Å². The first-order chi connectivity index (χ1) is 8.63. The molecule has 0 amide bonds. The molecule has 0 fully saturated rings. The average molecular weight is 243 g/mol. The summed E-state index contributed by atoms with van der Waals surface area (Å²) in [6.45, 7) is 1.87. The zero-order valence-electron chi connectivity index (χ0n) is 9.47. The van der Waals surface area contributed by atoms with Crippen molar-refractivity contribution in [2.45, 2.75) is 6.92 Å². The molecule has 6 nitrogen and oxygen atoms in total. The minimum atomic E-state index is -1.13. The fraction of sp³-hybridized carbons (Fsp3) is 0.0833. The summed E-state index contributed by atoms with van der Waals surface area (Å²) in [6, 6.07) is 6.93. The van der Waals surface area contributed by atoms with Crippen LogP contribution < -0.4 is 0 Å². The Kier molecular flexibility index (Phi) is 2.16. The molecule has 0 atom stereocenters. The summed E-state index contributed by atoms with van der Waals surface area (Å²) in [6.07, 6.45) is 0. The van der Waals surface area contributed by atoms with Gasteiger partial charge in [-0.3, -0.25) is 0 Å². The second-order valence-corrected chi connectivity index (χ2v) is 3.94. The van der Waals surface area contributed by atoms with Crippen LogP contribution in [0.3, 0.4) is 0 Å². The summed E-state index contributed by atoms with van der Waals surface area (Å²) in [4.78, 5) is 18.1. The average Bonchev–Trinajstić information content (AvgIpc) is 2.91. The van der Waals surface area contributed by atoms with Crippen LogP contribution in [0.5, 0.6) is 0 Å². The van der Waals surface area contributed by atoms with E-state index in [1.54, 1.807) is 0 Å². The van der Waals surface area contributed by atoms with Crippen LogP contribution in [0.25, 0.3) is 22.3 Å². The number of rotatable bonds is 2. The number of benzene rings is 1. The van der Waals surface area contributed by atoms with Crippen LogP contribution in [0.15, 0.2) is 28.8 Å². The molecule has 3 aromatic rings. The lowest BCUT2D eigenvalue weighted by molar-refractivity contribution is 0.0652. The highest BCUT2D eigenvalue weighted by Crippen LogP contribution is 2.23. The van der Waals surface area contributed by atoms with E-state index in [0.29, 0.717) is 5.69 Å². The van der Waals surface area contributed by atoms with Crippen molar-refractivity contribution in [1.29, 1.82) is 0 Å². The number of carboxylic acids is 1. The van der Waals surface area contributed by atoms with E-state index in [1.165, 1.54) is 6.07 Å². The van der Waals surface area contributed by atoms with Crippen molar-refractivity contribution >= 4 is 17.0 Å². The van der Waals surface area contributed by atoms with E-state index in [0.717, 1.165) is 22.4 Å². The minimum absolute atomic E-state index is 0.175. The number of carbonyl (C=O) groups is 1. The molecule has 6 heteroatoms. The first kappa shape index (κ1) is 10.5. The third-order valence-corrected chi connectivity index (χ3v) is 2.62. The zero-order valence-corrected chi connectivity index (χ0v) is 9.47. The quantitative estimate of drug-likeness (QED) is 0.720. The van der Waals surface area contributed by atoms with Crippen molar-refractivity contribution in [3.8, 4) is 11.3 Å². The molecule has 0 radical (unpaired) electrons. The maximum Gasteiger partial charge on any atom is 0.374 e. The Morgan fingerprint density at radius 3 is 2.94 bits per heavy atom. The third kappa shape index (κ3) is 1.64. The van der Waals surface area contributed by atoms with Gasteiger partial charge in [0, 0.05) is 11.6 Å². The van der Waals surface area contributed by atoms with Gasteiger partial charge in [0.25, 0.3) is 0 Å². The van der Waals surface area contributed by atoms with Gasteiger partial charge >= 0.3 is 5.97 Å². The molecular formula is C12H9N3O3. The number of aryl methyl sites for hydroxylation is 1. The van der Waals surface area contributed by atoms with Crippen LogP contribution in [-0.2, 0) is 0 Å². The van der Waals surface area contributed by atoms with Crippen molar-refractivity contribution in [3.63, 3.8) is 0 Å². The number of carboxylic acid groups (broad SMARTS) is 1. The van der Waals surface area contributed by atoms with Gasteiger partial charge in [0.2, 0.25) is 5.76 Å². The van der Waals surface area contributed by atoms with Crippen LogP contribution in [0.2, 0.25) is 0 Å². The highest BCUT2D eigenvalue weighted by Gasteiger charge is 2.13. The van der Waals surface area contributed by atoms with Crippen LogP contribution in [0, 0.1) is 6.92 Å². The Morgan fingerprint density at radius 2 is 2.22 bits per heavy atom. The number of nitrogens with one attached hydrogen (secondary N) is 1. The molecule has 0 aliphatic heterocycles. The van der Waals surface area contributed by atoms with Crippen LogP contribution in [0.4, 0.5) is 0 Å². The predicted molar refractivity (Wildman–Crippen MR) is 63.3 cm³/mol. The van der Waals surface area contributed by atoms with Gasteiger partial charge in [-0.1, -0.05) is 11.2 Å². The Labute approximate surface area is 101 Å². The highest BCUT2D eigenvalue weighted by atomic mass is 16.5. The van der Waals surface area contributed by atoms with Gasteiger partial charge in [0.05, 0.1) is 11.0 Å². The number of hydrogen-bond donors (Lipinski definition) is 2. The van der Waals surface area contributed by atoms with E-state index in [9.17, 15) is 4.79 Å². The molecular weight excluding hydrogens is 234 g/mol. The fourth-order valence-corrected chi connectivity index (χ4v) is 1.81. The second-order valence-electron chi connectivity index (χ2n) is 3.94. The lowest BCUT2D eigenvalue weighted by atomic mass is 10.1. The van der Waals surface area contributed by atoms with Gasteiger partial charge in [-0.2, -0.15) is 0 Å². The van der Waals surface area contributed by atoms with Gasteiger partial charge in [-0.05, 0) is 19.1 Å². The summed E-state index contributed by atoms with van der Waals surface area (Å²) in [5.74, 6) is -0.480. The largest absolute Gasteiger partial charge is 0.475 e. The number of aromatic nitrogens is 3. The van der Waals surface area contributed by atoms with Crippen molar-refractivity contribution in [1.82, 2.24) is 15.1 Å². The predicted octanol–water partition coefficient (Wildman–Crippen LogP) is 2.22. The number of aromatic carboxylic acids is 1. The number of H-pyrrole nitrogens is 1. The molecule has 2 heterocycles.